The summed E-state index contributed by atoms with van der Waals surface area (Å²) in [5.74, 6) is 0.833. The number of aryl methyl sites for hydroxylation is 2. The van der Waals surface area contributed by atoms with Gasteiger partial charge in [-0.1, -0.05) is 30.3 Å². The molecule has 3 aliphatic heterocycles. The number of hydrogen-bond acceptors (Lipinski definition) is 6. The Bertz CT molecular complexity index is 1590. The van der Waals surface area contributed by atoms with Gasteiger partial charge in [-0.15, -0.1) is 0 Å². The van der Waals surface area contributed by atoms with Gasteiger partial charge in [0.15, 0.2) is 5.65 Å². The van der Waals surface area contributed by atoms with Crippen LogP contribution >= 0.6 is 0 Å². The molecule has 2 aromatic heterocycles. The zero-order valence-electron chi connectivity index (χ0n) is 24.2. The molecule has 0 spiro atoms. The molecule has 5 heterocycles. The largest absolute Gasteiger partial charge is 0.493 e. The third-order valence-corrected chi connectivity index (χ3v) is 8.43. The quantitative estimate of drug-likeness (QED) is 0.313. The van der Waals surface area contributed by atoms with Crippen LogP contribution in [0.15, 0.2) is 48.5 Å². The molecule has 8 heteroatoms. The molecule has 0 amide bonds. The minimum atomic E-state index is -0.877. The molecule has 0 atom stereocenters. The number of anilines is 1. The van der Waals surface area contributed by atoms with Crippen LogP contribution in [0.1, 0.15) is 55.8 Å². The van der Waals surface area contributed by atoms with Crippen molar-refractivity contribution in [2.75, 3.05) is 31.2 Å². The number of aliphatic carboxylic acids is 1. The number of aromatic nitrogens is 3. The van der Waals surface area contributed by atoms with Gasteiger partial charge in [0.05, 0.1) is 24.3 Å². The van der Waals surface area contributed by atoms with Crippen molar-refractivity contribution in [3.8, 4) is 28.1 Å². The van der Waals surface area contributed by atoms with Gasteiger partial charge in [-0.25, -0.2) is 4.98 Å². The Labute approximate surface area is 240 Å². The summed E-state index contributed by atoms with van der Waals surface area (Å²) in [6.07, 6.45) is 4.63. The number of hydrogen-bond donors (Lipinski definition) is 1. The maximum Gasteiger partial charge on any atom is 0.308 e. The van der Waals surface area contributed by atoms with Crippen molar-refractivity contribution in [1.82, 2.24) is 14.6 Å². The lowest BCUT2D eigenvalue weighted by Crippen LogP contribution is -2.45. The van der Waals surface area contributed by atoms with Crippen molar-refractivity contribution in [1.29, 1.82) is 0 Å². The average molecular weight is 555 g/mol. The van der Waals surface area contributed by atoms with Gasteiger partial charge in [0, 0.05) is 48.1 Å². The first kappa shape index (κ1) is 27.3. The summed E-state index contributed by atoms with van der Waals surface area (Å²) in [6.45, 7) is 9.09. The van der Waals surface area contributed by atoms with Crippen LogP contribution in [0.5, 0.6) is 5.75 Å². The number of ether oxygens (including phenoxy) is 2. The number of fused-ring (bicyclic) bond motifs is 8. The van der Waals surface area contributed by atoms with Gasteiger partial charge < -0.3 is 19.5 Å². The molecule has 0 saturated carbocycles. The first-order chi connectivity index (χ1) is 19.8. The van der Waals surface area contributed by atoms with E-state index in [4.69, 9.17) is 19.6 Å². The van der Waals surface area contributed by atoms with E-state index in [-0.39, 0.29) is 12.0 Å². The Kier molecular flexibility index (Phi) is 7.43. The molecule has 1 N–H and O–H groups in total. The lowest BCUT2D eigenvalue weighted by atomic mass is 9.92. The highest BCUT2D eigenvalue weighted by atomic mass is 16.5. The van der Waals surface area contributed by atoms with E-state index >= 15 is 0 Å². The van der Waals surface area contributed by atoms with Crippen molar-refractivity contribution < 1.29 is 19.4 Å². The monoisotopic (exact) mass is 554 g/mol. The average Bonchev–Trinajstić information content (AvgIpc) is 3.37. The third-order valence-electron chi connectivity index (χ3n) is 8.43. The molecule has 41 heavy (non-hydrogen) atoms. The molecule has 214 valence electrons. The van der Waals surface area contributed by atoms with E-state index in [0.717, 1.165) is 97.0 Å². The predicted molar refractivity (Wildman–Crippen MR) is 160 cm³/mol. The minimum absolute atomic E-state index is 0.102. The molecule has 8 nitrogen and oxygen atoms in total. The summed E-state index contributed by atoms with van der Waals surface area (Å²) >= 11 is 0. The van der Waals surface area contributed by atoms with E-state index < -0.39 is 5.97 Å². The van der Waals surface area contributed by atoms with E-state index in [1.165, 1.54) is 0 Å². The molecular formula is C33H38N4O4. The molecule has 1 saturated heterocycles. The van der Waals surface area contributed by atoms with Gasteiger partial charge in [-0.3, -0.25) is 4.79 Å². The topological polar surface area (TPSA) is 89.2 Å². The van der Waals surface area contributed by atoms with Crippen LogP contribution in [0.2, 0.25) is 0 Å². The molecule has 3 aliphatic rings. The van der Waals surface area contributed by atoms with Crippen molar-refractivity contribution in [3.05, 3.63) is 65.4 Å². The van der Waals surface area contributed by atoms with E-state index in [2.05, 4.69) is 55.1 Å². The SMILES string of the molecule is Cc1ccc2c(c1)OCCCCCOC1(C)CCN(CC1)c1c(CC(=O)O)c(C)nc3cc(nn13)-c1cccc-2c1. The molecule has 0 aliphatic carbocycles. The van der Waals surface area contributed by atoms with Gasteiger partial charge in [-0.2, -0.15) is 9.61 Å². The summed E-state index contributed by atoms with van der Waals surface area (Å²) in [4.78, 5) is 19.0. The third kappa shape index (κ3) is 5.66. The van der Waals surface area contributed by atoms with Crippen molar-refractivity contribution >= 4 is 17.4 Å². The lowest BCUT2D eigenvalue weighted by Gasteiger charge is -2.41. The van der Waals surface area contributed by atoms with Gasteiger partial charge in [0.2, 0.25) is 0 Å². The van der Waals surface area contributed by atoms with Crippen molar-refractivity contribution in [2.45, 2.75) is 64.9 Å². The first-order valence-electron chi connectivity index (χ1n) is 14.6. The second-order valence-corrected chi connectivity index (χ2v) is 11.6. The van der Waals surface area contributed by atoms with E-state index in [0.29, 0.717) is 17.8 Å². The summed E-state index contributed by atoms with van der Waals surface area (Å²) < 4.78 is 14.6. The van der Waals surface area contributed by atoms with Gasteiger partial charge in [0.25, 0.3) is 0 Å². The second kappa shape index (κ2) is 11.2. The number of rotatable bonds is 2. The number of piperidine rings is 1. The predicted octanol–water partition coefficient (Wildman–Crippen LogP) is 6.25. The van der Waals surface area contributed by atoms with Crippen molar-refractivity contribution in [3.63, 3.8) is 0 Å². The van der Waals surface area contributed by atoms with Crippen molar-refractivity contribution in [2.24, 2.45) is 0 Å². The van der Waals surface area contributed by atoms with Crippen LogP contribution in [0.4, 0.5) is 5.82 Å². The summed E-state index contributed by atoms with van der Waals surface area (Å²) in [5.41, 5.74) is 6.97. The fourth-order valence-electron chi connectivity index (χ4n) is 6.01. The summed E-state index contributed by atoms with van der Waals surface area (Å²) in [7, 11) is 0. The van der Waals surface area contributed by atoms with E-state index in [1.807, 2.05) is 23.6 Å². The maximum absolute atomic E-state index is 11.9. The van der Waals surface area contributed by atoms with Crippen LogP contribution in [0.25, 0.3) is 28.0 Å². The smallest absolute Gasteiger partial charge is 0.308 e. The minimum Gasteiger partial charge on any atom is -0.493 e. The molecule has 0 radical (unpaired) electrons. The second-order valence-electron chi connectivity index (χ2n) is 11.6. The van der Waals surface area contributed by atoms with Gasteiger partial charge >= 0.3 is 5.97 Å². The number of carbonyl (C=O) groups is 1. The molecule has 0 unspecified atom stereocenters. The Morgan fingerprint density at radius 3 is 2.59 bits per heavy atom. The molecule has 1 fully saturated rings. The highest BCUT2D eigenvalue weighted by molar-refractivity contribution is 5.78. The van der Waals surface area contributed by atoms with Gasteiger partial charge in [0.1, 0.15) is 11.6 Å². The number of carboxylic acid groups (broad SMARTS) is 1. The summed E-state index contributed by atoms with van der Waals surface area (Å²) in [5, 5.41) is 14.8. The Morgan fingerprint density at radius 1 is 1.00 bits per heavy atom. The summed E-state index contributed by atoms with van der Waals surface area (Å²) in [6, 6.07) is 16.7. The fraction of sp³-hybridized carbons (Fsp3) is 0.424. The van der Waals surface area contributed by atoms with Crippen LogP contribution in [-0.4, -0.2) is 57.6 Å². The zero-order chi connectivity index (χ0) is 28.6. The highest BCUT2D eigenvalue weighted by Crippen LogP contribution is 2.36. The Balaban J connectivity index is 1.48. The normalized spacial score (nSPS) is 17.3. The molecule has 7 rings (SSSR count). The molecule has 6 bridgehead atoms. The van der Waals surface area contributed by atoms with Gasteiger partial charge in [-0.05, 0) is 76.1 Å². The van der Waals surface area contributed by atoms with Crippen LogP contribution < -0.4 is 9.64 Å². The number of nitrogens with zero attached hydrogens (tertiary/aromatic N) is 4. The number of benzene rings is 2. The lowest BCUT2D eigenvalue weighted by molar-refractivity contribution is -0.136. The van der Waals surface area contributed by atoms with E-state index in [9.17, 15) is 9.90 Å². The van der Waals surface area contributed by atoms with Crippen LogP contribution in [-0.2, 0) is 16.0 Å². The molecule has 4 aromatic rings. The van der Waals surface area contributed by atoms with Crippen LogP contribution in [0, 0.1) is 13.8 Å². The van der Waals surface area contributed by atoms with Crippen LogP contribution in [0.3, 0.4) is 0 Å². The molecule has 2 aromatic carbocycles. The Hall–Kier alpha value is -3.91. The highest BCUT2D eigenvalue weighted by Gasteiger charge is 2.33. The Morgan fingerprint density at radius 2 is 1.78 bits per heavy atom. The van der Waals surface area contributed by atoms with E-state index in [1.54, 1.807) is 0 Å². The standard InChI is InChI=1S/C33H38N4O4/c1-22-10-11-26-24-8-7-9-25(19-24)28-21-30-34-23(2)27(20-31(38)39)32(37(30)35-28)36-14-12-33(3,13-15-36)41-17-6-4-5-16-40-29(26)18-22/h7-11,18-19,21H,4-6,12-17,20H2,1-3H3,(H,38,39). The first-order valence-corrected chi connectivity index (χ1v) is 14.6. The zero-order valence-corrected chi connectivity index (χ0v) is 24.2. The fourth-order valence-corrected chi connectivity index (χ4v) is 6.01. The maximum atomic E-state index is 11.9. The number of carboxylic acids is 1. The molecular weight excluding hydrogens is 516 g/mol.